The van der Waals surface area contributed by atoms with Gasteiger partial charge in [-0.3, -0.25) is 4.79 Å². The molecule has 1 heterocycles. The number of alkyl carbamates (subject to hydrolysis) is 1. The average molecular weight is 301 g/mol. The first-order valence-corrected chi connectivity index (χ1v) is 7.40. The molecular weight excluding hydrogens is 274 g/mol. The quantitative estimate of drug-likeness (QED) is 0.777. The lowest BCUT2D eigenvalue weighted by Crippen LogP contribution is -2.41. The molecule has 0 bridgehead atoms. The zero-order valence-corrected chi connectivity index (χ0v) is 13.4. The Morgan fingerprint density at radius 2 is 2.10 bits per heavy atom. The van der Waals surface area contributed by atoms with Gasteiger partial charge in [0.25, 0.3) is 0 Å². The van der Waals surface area contributed by atoms with E-state index in [2.05, 4.69) is 5.32 Å². The molecule has 0 radical (unpaired) electrons. The summed E-state index contributed by atoms with van der Waals surface area (Å²) in [5.74, 6) is 0.0835. The molecule has 1 rings (SSSR count). The van der Waals surface area contributed by atoms with Gasteiger partial charge in [-0.15, -0.1) is 0 Å². The van der Waals surface area contributed by atoms with Crippen LogP contribution in [0.4, 0.5) is 4.79 Å². The molecule has 1 aliphatic heterocycles. The van der Waals surface area contributed by atoms with Crippen molar-refractivity contribution in [3.8, 4) is 0 Å². The summed E-state index contributed by atoms with van der Waals surface area (Å²) in [5, 5.41) is 2.76. The van der Waals surface area contributed by atoms with Gasteiger partial charge in [0.1, 0.15) is 11.4 Å². The predicted molar refractivity (Wildman–Crippen MR) is 78.2 cm³/mol. The minimum absolute atomic E-state index is 0.0459. The number of carbonyl (C=O) groups excluding carboxylic acids is 2. The van der Waals surface area contributed by atoms with Crippen molar-refractivity contribution in [1.29, 1.82) is 0 Å². The Morgan fingerprint density at radius 3 is 2.62 bits per heavy atom. The fourth-order valence-electron chi connectivity index (χ4n) is 2.16. The maximum Gasteiger partial charge on any atom is 0.407 e. The highest BCUT2D eigenvalue weighted by atomic mass is 16.6. The number of Topliss-reactive ketones (excluding diaryl/α,β-unsaturated/α-hetero) is 1. The van der Waals surface area contributed by atoms with Gasteiger partial charge in [0.2, 0.25) is 0 Å². The third kappa shape index (κ3) is 7.43. The standard InChI is InChI=1S/C15H27NO5/c1-15(2,3)21-14(18)16-12(6-7-19-4)9-13(17)11-5-8-20-10-11/h11-12H,5-10H2,1-4H3,(H,16,18). The van der Waals surface area contributed by atoms with Crippen LogP contribution in [0.3, 0.4) is 0 Å². The van der Waals surface area contributed by atoms with E-state index in [1.807, 2.05) is 0 Å². The third-order valence-corrected chi connectivity index (χ3v) is 3.22. The molecule has 0 aromatic carbocycles. The number of rotatable bonds is 7. The summed E-state index contributed by atoms with van der Waals surface area (Å²) in [7, 11) is 1.59. The number of hydrogen-bond donors (Lipinski definition) is 1. The summed E-state index contributed by atoms with van der Waals surface area (Å²) in [6.45, 7) is 7.02. The van der Waals surface area contributed by atoms with Gasteiger partial charge in [-0.05, 0) is 33.6 Å². The van der Waals surface area contributed by atoms with Gasteiger partial charge in [0.05, 0.1) is 6.61 Å². The molecule has 0 aliphatic carbocycles. The maximum absolute atomic E-state index is 12.2. The molecule has 1 amide bonds. The van der Waals surface area contributed by atoms with E-state index in [1.54, 1.807) is 27.9 Å². The summed E-state index contributed by atoms with van der Waals surface area (Å²) in [4.78, 5) is 24.0. The van der Waals surface area contributed by atoms with E-state index in [4.69, 9.17) is 14.2 Å². The van der Waals surface area contributed by atoms with E-state index in [0.29, 0.717) is 26.2 Å². The van der Waals surface area contributed by atoms with Crippen molar-refractivity contribution in [1.82, 2.24) is 5.32 Å². The molecule has 1 N–H and O–H groups in total. The number of ether oxygens (including phenoxy) is 3. The van der Waals surface area contributed by atoms with Crippen LogP contribution in [0, 0.1) is 5.92 Å². The third-order valence-electron chi connectivity index (χ3n) is 3.22. The number of carbonyl (C=O) groups is 2. The highest BCUT2D eigenvalue weighted by Crippen LogP contribution is 2.17. The summed E-state index contributed by atoms with van der Waals surface area (Å²) in [6.07, 6.45) is 1.13. The Morgan fingerprint density at radius 1 is 1.38 bits per heavy atom. The molecule has 0 aromatic heterocycles. The SMILES string of the molecule is COCCC(CC(=O)C1CCOC1)NC(=O)OC(C)(C)C. The second-order valence-corrected chi connectivity index (χ2v) is 6.36. The molecule has 6 nitrogen and oxygen atoms in total. The van der Waals surface area contributed by atoms with E-state index < -0.39 is 11.7 Å². The lowest BCUT2D eigenvalue weighted by molar-refractivity contribution is -0.123. The summed E-state index contributed by atoms with van der Waals surface area (Å²) < 4.78 is 15.5. The van der Waals surface area contributed by atoms with Crippen LogP contribution in [-0.2, 0) is 19.0 Å². The van der Waals surface area contributed by atoms with E-state index >= 15 is 0 Å². The first-order valence-electron chi connectivity index (χ1n) is 7.40. The second kappa shape index (κ2) is 8.34. The van der Waals surface area contributed by atoms with Crippen LogP contribution < -0.4 is 5.32 Å². The number of ketones is 1. The van der Waals surface area contributed by atoms with Gasteiger partial charge in [-0.2, -0.15) is 0 Å². The van der Waals surface area contributed by atoms with Crippen molar-refractivity contribution in [3.63, 3.8) is 0 Å². The van der Waals surface area contributed by atoms with Crippen molar-refractivity contribution in [2.45, 2.75) is 51.7 Å². The topological polar surface area (TPSA) is 73.9 Å². The van der Waals surface area contributed by atoms with E-state index in [1.165, 1.54) is 0 Å². The predicted octanol–water partition coefficient (Wildman–Crippen LogP) is 1.91. The monoisotopic (exact) mass is 301 g/mol. The van der Waals surface area contributed by atoms with Gasteiger partial charge in [-0.25, -0.2) is 4.79 Å². The average Bonchev–Trinajstić information content (AvgIpc) is 2.87. The van der Waals surface area contributed by atoms with Crippen LogP contribution in [-0.4, -0.2) is 50.4 Å². The van der Waals surface area contributed by atoms with Gasteiger partial charge < -0.3 is 19.5 Å². The maximum atomic E-state index is 12.2. The van der Waals surface area contributed by atoms with Crippen LogP contribution in [0.2, 0.25) is 0 Å². The van der Waals surface area contributed by atoms with E-state index in [0.717, 1.165) is 6.42 Å². The first kappa shape index (κ1) is 17.9. The number of nitrogens with one attached hydrogen (secondary N) is 1. The van der Waals surface area contributed by atoms with Crippen LogP contribution in [0.5, 0.6) is 0 Å². The molecule has 1 saturated heterocycles. The highest BCUT2D eigenvalue weighted by molar-refractivity contribution is 5.82. The molecular formula is C15H27NO5. The summed E-state index contributed by atoms with van der Waals surface area (Å²) in [6, 6.07) is -0.270. The molecule has 0 saturated carbocycles. The molecule has 1 aliphatic rings. The second-order valence-electron chi connectivity index (χ2n) is 6.36. The minimum Gasteiger partial charge on any atom is -0.444 e. The Balaban J connectivity index is 2.49. The van der Waals surface area contributed by atoms with Crippen LogP contribution in [0.25, 0.3) is 0 Å². The molecule has 0 aromatic rings. The van der Waals surface area contributed by atoms with E-state index in [9.17, 15) is 9.59 Å². The van der Waals surface area contributed by atoms with Crippen molar-refractivity contribution < 1.29 is 23.8 Å². The van der Waals surface area contributed by atoms with Crippen LogP contribution in [0.1, 0.15) is 40.0 Å². The highest BCUT2D eigenvalue weighted by Gasteiger charge is 2.27. The Labute approximate surface area is 126 Å². The molecule has 1 fully saturated rings. The molecule has 2 atom stereocenters. The molecule has 0 spiro atoms. The Hall–Kier alpha value is -1.14. The number of hydrogen-bond acceptors (Lipinski definition) is 5. The first-order chi connectivity index (χ1) is 9.81. The van der Waals surface area contributed by atoms with Crippen LogP contribution >= 0.6 is 0 Å². The zero-order valence-electron chi connectivity index (χ0n) is 13.4. The summed E-state index contributed by atoms with van der Waals surface area (Å²) in [5.41, 5.74) is -0.556. The van der Waals surface area contributed by atoms with Crippen LogP contribution in [0.15, 0.2) is 0 Å². The lowest BCUT2D eigenvalue weighted by Gasteiger charge is -2.23. The van der Waals surface area contributed by atoms with Gasteiger partial charge in [-0.1, -0.05) is 0 Å². The fraction of sp³-hybridized carbons (Fsp3) is 0.867. The lowest BCUT2D eigenvalue weighted by atomic mass is 9.96. The summed E-state index contributed by atoms with van der Waals surface area (Å²) >= 11 is 0. The van der Waals surface area contributed by atoms with Crippen molar-refractivity contribution >= 4 is 11.9 Å². The number of methoxy groups -OCH3 is 1. The van der Waals surface area contributed by atoms with Gasteiger partial charge >= 0.3 is 6.09 Å². The molecule has 122 valence electrons. The van der Waals surface area contributed by atoms with Gasteiger partial charge in [0, 0.05) is 38.7 Å². The normalized spacial score (nSPS) is 20.1. The molecule has 21 heavy (non-hydrogen) atoms. The van der Waals surface area contributed by atoms with Crippen molar-refractivity contribution in [3.05, 3.63) is 0 Å². The minimum atomic E-state index is -0.556. The zero-order chi connectivity index (χ0) is 15.9. The smallest absolute Gasteiger partial charge is 0.407 e. The van der Waals surface area contributed by atoms with Crippen molar-refractivity contribution in [2.75, 3.05) is 26.9 Å². The fourth-order valence-corrected chi connectivity index (χ4v) is 2.16. The Kier molecular flexibility index (Phi) is 7.11. The Bertz CT molecular complexity index is 344. The van der Waals surface area contributed by atoms with E-state index in [-0.39, 0.29) is 24.2 Å². The van der Waals surface area contributed by atoms with Gasteiger partial charge in [0.15, 0.2) is 0 Å². The number of amides is 1. The molecule has 2 unspecified atom stereocenters. The molecule has 6 heteroatoms. The van der Waals surface area contributed by atoms with Crippen molar-refractivity contribution in [2.24, 2.45) is 5.92 Å². The largest absolute Gasteiger partial charge is 0.444 e.